The summed E-state index contributed by atoms with van der Waals surface area (Å²) in [7, 11) is 0. The standard InChI is InChI=1S/C29H33N3O10/c1-29(2,3)42-26(37)30-21(14-15-23(33)40-17-19-10-6-4-7-11-19)24(34)32-22(25(35)36)16-31(27(32)38)28(39)41-18-20-12-8-5-9-13-20/h4-13,21-22H,14-18H2,1-3H3,(H,30,37)(H,35,36)/t21-,22?/m0/s1. The first-order valence-corrected chi connectivity index (χ1v) is 13.1. The molecule has 2 aromatic carbocycles. The Morgan fingerprint density at radius 2 is 1.48 bits per heavy atom. The lowest BCUT2D eigenvalue weighted by Gasteiger charge is -2.26. The molecule has 1 aliphatic heterocycles. The van der Waals surface area contributed by atoms with Gasteiger partial charge in [0.2, 0.25) is 0 Å². The Kier molecular flexibility index (Phi) is 10.6. The lowest BCUT2D eigenvalue weighted by atomic mass is 10.1. The minimum Gasteiger partial charge on any atom is -0.480 e. The molecule has 1 fully saturated rings. The second-order valence-electron chi connectivity index (χ2n) is 10.4. The molecule has 0 radical (unpaired) electrons. The third kappa shape index (κ3) is 9.04. The molecule has 13 nitrogen and oxygen atoms in total. The van der Waals surface area contributed by atoms with Gasteiger partial charge in [-0.2, -0.15) is 0 Å². The first-order valence-electron chi connectivity index (χ1n) is 13.1. The molecular formula is C29H33N3O10. The summed E-state index contributed by atoms with van der Waals surface area (Å²) in [6.45, 7) is 3.88. The summed E-state index contributed by atoms with van der Waals surface area (Å²) in [4.78, 5) is 77.2. The highest BCUT2D eigenvalue weighted by atomic mass is 16.6. The number of urea groups is 1. The van der Waals surface area contributed by atoms with Crippen LogP contribution in [0.2, 0.25) is 0 Å². The van der Waals surface area contributed by atoms with Crippen molar-refractivity contribution in [3.05, 3.63) is 71.8 Å². The number of carboxylic acids is 1. The van der Waals surface area contributed by atoms with E-state index in [1.165, 1.54) is 0 Å². The Morgan fingerprint density at radius 3 is 2.00 bits per heavy atom. The van der Waals surface area contributed by atoms with E-state index in [4.69, 9.17) is 14.2 Å². The van der Waals surface area contributed by atoms with Gasteiger partial charge >= 0.3 is 30.2 Å². The minimum atomic E-state index is -1.76. The summed E-state index contributed by atoms with van der Waals surface area (Å²) in [5, 5.41) is 12.1. The number of ether oxygens (including phenoxy) is 3. The first-order chi connectivity index (χ1) is 19.9. The molecule has 3 rings (SSSR count). The molecule has 0 bridgehead atoms. The quantitative estimate of drug-likeness (QED) is 0.312. The fourth-order valence-electron chi connectivity index (χ4n) is 3.93. The molecule has 1 saturated heterocycles. The lowest BCUT2D eigenvalue weighted by molar-refractivity contribution is -0.148. The van der Waals surface area contributed by atoms with Crippen LogP contribution in [0, 0.1) is 0 Å². The van der Waals surface area contributed by atoms with Gasteiger partial charge in [-0.15, -0.1) is 0 Å². The number of carbonyl (C=O) groups is 6. The van der Waals surface area contributed by atoms with Crippen molar-refractivity contribution in [3.8, 4) is 0 Å². The van der Waals surface area contributed by atoms with Crippen molar-refractivity contribution in [3.63, 3.8) is 0 Å². The Labute approximate surface area is 242 Å². The van der Waals surface area contributed by atoms with E-state index in [1.807, 2.05) is 0 Å². The van der Waals surface area contributed by atoms with Crippen LogP contribution in [0.25, 0.3) is 0 Å². The number of esters is 1. The first kappa shape index (κ1) is 31.6. The number of aliphatic carboxylic acids is 1. The van der Waals surface area contributed by atoms with E-state index in [2.05, 4.69) is 5.32 Å². The Balaban J connectivity index is 1.73. The number of benzene rings is 2. The molecule has 224 valence electrons. The van der Waals surface area contributed by atoms with Crippen molar-refractivity contribution >= 4 is 36.1 Å². The molecule has 1 heterocycles. The van der Waals surface area contributed by atoms with Crippen LogP contribution in [-0.2, 0) is 41.8 Å². The number of carboxylic acid groups (broad SMARTS) is 1. The molecule has 0 spiro atoms. The highest BCUT2D eigenvalue weighted by Crippen LogP contribution is 2.21. The second-order valence-corrected chi connectivity index (χ2v) is 10.4. The largest absolute Gasteiger partial charge is 0.480 e. The summed E-state index contributed by atoms with van der Waals surface area (Å²) in [6.07, 6.45) is -2.88. The average Bonchev–Trinajstić information content (AvgIpc) is 3.30. The van der Waals surface area contributed by atoms with E-state index < -0.39 is 60.3 Å². The number of rotatable bonds is 10. The fraction of sp³-hybridized carbons (Fsp3) is 0.379. The van der Waals surface area contributed by atoms with Gasteiger partial charge in [0.25, 0.3) is 5.91 Å². The Hall–Kier alpha value is -4.94. The van der Waals surface area contributed by atoms with Crippen LogP contribution in [0.3, 0.4) is 0 Å². The third-order valence-electron chi connectivity index (χ3n) is 5.92. The lowest BCUT2D eigenvalue weighted by Crippen LogP contribution is -2.54. The van der Waals surface area contributed by atoms with E-state index in [9.17, 15) is 33.9 Å². The van der Waals surface area contributed by atoms with Crippen LogP contribution in [0.5, 0.6) is 0 Å². The van der Waals surface area contributed by atoms with Crippen LogP contribution >= 0.6 is 0 Å². The number of hydrogen-bond acceptors (Lipinski definition) is 9. The Bertz CT molecular complexity index is 1290. The van der Waals surface area contributed by atoms with Crippen molar-refractivity contribution in [2.45, 2.75) is 64.5 Å². The van der Waals surface area contributed by atoms with Crippen LogP contribution < -0.4 is 5.32 Å². The van der Waals surface area contributed by atoms with Crippen LogP contribution in [-0.4, -0.2) is 75.2 Å². The predicted octanol–water partition coefficient (Wildman–Crippen LogP) is 3.46. The summed E-state index contributed by atoms with van der Waals surface area (Å²) in [5.41, 5.74) is 0.413. The zero-order chi connectivity index (χ0) is 30.9. The highest BCUT2D eigenvalue weighted by molar-refractivity contribution is 6.08. The van der Waals surface area contributed by atoms with Gasteiger partial charge in [-0.25, -0.2) is 29.0 Å². The molecule has 1 unspecified atom stereocenters. The van der Waals surface area contributed by atoms with Crippen molar-refractivity contribution in [1.29, 1.82) is 0 Å². The van der Waals surface area contributed by atoms with Gasteiger partial charge in [0.05, 0.1) is 6.54 Å². The van der Waals surface area contributed by atoms with Crippen molar-refractivity contribution < 1.29 is 48.1 Å². The number of imide groups is 2. The van der Waals surface area contributed by atoms with Gasteiger partial charge in [-0.1, -0.05) is 60.7 Å². The fourth-order valence-corrected chi connectivity index (χ4v) is 3.93. The number of amides is 5. The minimum absolute atomic E-state index is 0.0243. The van der Waals surface area contributed by atoms with Crippen molar-refractivity contribution in [1.82, 2.24) is 15.1 Å². The van der Waals surface area contributed by atoms with Crippen LogP contribution in [0.15, 0.2) is 60.7 Å². The molecule has 5 amide bonds. The Morgan fingerprint density at radius 1 is 0.929 bits per heavy atom. The van der Waals surface area contributed by atoms with Crippen molar-refractivity contribution in [2.75, 3.05) is 6.54 Å². The third-order valence-corrected chi connectivity index (χ3v) is 5.92. The van der Waals surface area contributed by atoms with Crippen LogP contribution in [0.1, 0.15) is 44.7 Å². The second kappa shape index (κ2) is 14.1. The molecule has 0 aromatic heterocycles. The number of nitrogens with zero attached hydrogens (tertiary/aromatic N) is 2. The zero-order valence-corrected chi connectivity index (χ0v) is 23.5. The van der Waals surface area contributed by atoms with E-state index in [1.54, 1.807) is 81.4 Å². The molecule has 0 aliphatic carbocycles. The summed E-state index contributed by atoms with van der Waals surface area (Å²) in [5.74, 6) is -3.41. The molecule has 2 N–H and O–H groups in total. The molecule has 13 heteroatoms. The highest BCUT2D eigenvalue weighted by Gasteiger charge is 2.50. The van der Waals surface area contributed by atoms with Gasteiger partial charge in [0.15, 0.2) is 6.04 Å². The molecule has 2 aromatic rings. The summed E-state index contributed by atoms with van der Waals surface area (Å²) in [6, 6.07) is 12.9. The summed E-state index contributed by atoms with van der Waals surface area (Å²) >= 11 is 0. The normalized spacial score (nSPS) is 15.5. The number of carbonyl (C=O) groups excluding carboxylic acids is 5. The molecular weight excluding hydrogens is 550 g/mol. The summed E-state index contributed by atoms with van der Waals surface area (Å²) < 4.78 is 15.6. The van der Waals surface area contributed by atoms with Gasteiger partial charge in [0.1, 0.15) is 24.9 Å². The number of hydrogen-bond donors (Lipinski definition) is 2. The van der Waals surface area contributed by atoms with E-state index >= 15 is 0 Å². The average molecular weight is 584 g/mol. The number of nitrogens with one attached hydrogen (secondary N) is 1. The van der Waals surface area contributed by atoms with Gasteiger partial charge < -0.3 is 24.6 Å². The van der Waals surface area contributed by atoms with Gasteiger partial charge in [-0.05, 0) is 38.3 Å². The molecule has 42 heavy (non-hydrogen) atoms. The maximum atomic E-state index is 13.6. The predicted molar refractivity (Wildman–Crippen MR) is 146 cm³/mol. The molecule has 0 saturated carbocycles. The molecule has 1 aliphatic rings. The number of alkyl carbamates (subject to hydrolysis) is 1. The maximum Gasteiger partial charge on any atom is 0.418 e. The zero-order valence-electron chi connectivity index (χ0n) is 23.5. The van der Waals surface area contributed by atoms with Gasteiger partial charge in [-0.3, -0.25) is 9.59 Å². The van der Waals surface area contributed by atoms with E-state index in [-0.39, 0.29) is 26.1 Å². The monoisotopic (exact) mass is 583 g/mol. The topological polar surface area (TPSA) is 169 Å². The SMILES string of the molecule is CC(C)(C)OC(=O)N[C@@H](CCC(=O)OCc1ccccc1)C(=O)N1C(=O)N(C(=O)OCc2ccccc2)CC1C(=O)O. The van der Waals surface area contributed by atoms with E-state index in [0.717, 1.165) is 5.56 Å². The van der Waals surface area contributed by atoms with Crippen LogP contribution in [0.4, 0.5) is 14.4 Å². The van der Waals surface area contributed by atoms with Crippen molar-refractivity contribution in [2.24, 2.45) is 0 Å². The molecule has 2 atom stereocenters. The maximum absolute atomic E-state index is 13.6. The van der Waals surface area contributed by atoms with E-state index in [0.29, 0.717) is 15.4 Å². The van der Waals surface area contributed by atoms with Gasteiger partial charge in [0, 0.05) is 6.42 Å². The smallest absolute Gasteiger partial charge is 0.418 e.